The van der Waals surface area contributed by atoms with Crippen molar-refractivity contribution in [3.8, 4) is 5.75 Å². The molecule has 144 valence electrons. The maximum atomic E-state index is 13.0. The van der Waals surface area contributed by atoms with Gasteiger partial charge >= 0.3 is 5.97 Å². The van der Waals surface area contributed by atoms with E-state index in [2.05, 4.69) is 10.6 Å². The molecular formula is C17H22ClFN2O5. The number of nitrogens with one attached hydrogen (secondary N) is 2. The lowest BCUT2D eigenvalue weighted by Crippen LogP contribution is -2.47. The summed E-state index contributed by atoms with van der Waals surface area (Å²) >= 11 is 5.82. The Bertz CT molecular complexity index is 669. The van der Waals surface area contributed by atoms with Crippen molar-refractivity contribution in [2.24, 2.45) is 5.92 Å². The molecule has 26 heavy (non-hydrogen) atoms. The summed E-state index contributed by atoms with van der Waals surface area (Å²) in [5, 5.41) is 13.8. The van der Waals surface area contributed by atoms with Crippen molar-refractivity contribution >= 4 is 29.4 Å². The van der Waals surface area contributed by atoms with E-state index in [4.69, 9.17) is 21.4 Å². The summed E-state index contributed by atoms with van der Waals surface area (Å²) in [6.45, 7) is 4.71. The number of halogens is 2. The van der Waals surface area contributed by atoms with Crippen molar-refractivity contribution in [2.45, 2.75) is 39.3 Å². The van der Waals surface area contributed by atoms with Crippen LogP contribution >= 0.6 is 11.6 Å². The van der Waals surface area contributed by atoms with E-state index in [0.29, 0.717) is 0 Å². The molecule has 7 nitrogen and oxygen atoms in total. The molecule has 0 aromatic heterocycles. The van der Waals surface area contributed by atoms with Crippen LogP contribution in [-0.4, -0.2) is 41.6 Å². The van der Waals surface area contributed by atoms with Crippen molar-refractivity contribution in [3.05, 3.63) is 29.0 Å². The molecule has 0 saturated carbocycles. The highest BCUT2D eigenvalue weighted by Gasteiger charge is 2.22. The SMILES string of the molecule is CC(C)C[C@H](NC(=O)CNC(=O)C(C)Oc1ccc(F)cc1Cl)C(=O)O. The van der Waals surface area contributed by atoms with Crippen LogP contribution in [0.4, 0.5) is 4.39 Å². The second-order valence-corrected chi connectivity index (χ2v) is 6.55. The van der Waals surface area contributed by atoms with Crippen LogP contribution in [0.1, 0.15) is 27.2 Å². The van der Waals surface area contributed by atoms with Crippen LogP contribution in [0.15, 0.2) is 18.2 Å². The third kappa shape index (κ3) is 7.26. The van der Waals surface area contributed by atoms with Gasteiger partial charge in [-0.2, -0.15) is 0 Å². The predicted molar refractivity (Wildman–Crippen MR) is 93.5 cm³/mol. The number of benzene rings is 1. The Balaban J connectivity index is 2.51. The van der Waals surface area contributed by atoms with Crippen molar-refractivity contribution in [1.82, 2.24) is 10.6 Å². The highest BCUT2D eigenvalue weighted by molar-refractivity contribution is 6.32. The Hall–Kier alpha value is -2.35. The van der Waals surface area contributed by atoms with Gasteiger partial charge in [0, 0.05) is 0 Å². The normalized spacial score (nSPS) is 13.0. The molecule has 1 rings (SSSR count). The number of ether oxygens (including phenoxy) is 1. The number of carbonyl (C=O) groups is 3. The second-order valence-electron chi connectivity index (χ2n) is 6.14. The highest BCUT2D eigenvalue weighted by Crippen LogP contribution is 2.25. The van der Waals surface area contributed by atoms with E-state index >= 15 is 0 Å². The van der Waals surface area contributed by atoms with E-state index < -0.39 is 42.3 Å². The molecule has 2 atom stereocenters. The fourth-order valence-corrected chi connectivity index (χ4v) is 2.28. The largest absolute Gasteiger partial charge is 0.480 e. The lowest BCUT2D eigenvalue weighted by molar-refractivity contribution is -0.142. The van der Waals surface area contributed by atoms with Gasteiger partial charge in [-0.15, -0.1) is 0 Å². The molecule has 0 aliphatic heterocycles. The van der Waals surface area contributed by atoms with Gasteiger partial charge in [0.05, 0.1) is 11.6 Å². The molecule has 1 aromatic rings. The molecule has 0 saturated heterocycles. The minimum absolute atomic E-state index is 0.0142. The lowest BCUT2D eigenvalue weighted by Gasteiger charge is -2.18. The second kappa shape index (κ2) is 9.96. The molecule has 0 bridgehead atoms. The van der Waals surface area contributed by atoms with Gasteiger partial charge in [0.2, 0.25) is 5.91 Å². The molecule has 0 heterocycles. The number of hydrogen-bond acceptors (Lipinski definition) is 4. The zero-order valence-corrected chi connectivity index (χ0v) is 15.5. The van der Waals surface area contributed by atoms with Gasteiger partial charge in [-0.05, 0) is 37.5 Å². The minimum atomic E-state index is -1.14. The van der Waals surface area contributed by atoms with E-state index in [1.807, 2.05) is 13.8 Å². The lowest BCUT2D eigenvalue weighted by atomic mass is 10.0. The maximum Gasteiger partial charge on any atom is 0.326 e. The van der Waals surface area contributed by atoms with Crippen LogP contribution in [0.2, 0.25) is 5.02 Å². The highest BCUT2D eigenvalue weighted by atomic mass is 35.5. The molecule has 0 radical (unpaired) electrons. The minimum Gasteiger partial charge on any atom is -0.480 e. The zero-order valence-electron chi connectivity index (χ0n) is 14.7. The summed E-state index contributed by atoms with van der Waals surface area (Å²) in [7, 11) is 0. The van der Waals surface area contributed by atoms with Crippen LogP contribution in [0.25, 0.3) is 0 Å². The van der Waals surface area contributed by atoms with Crippen molar-refractivity contribution in [1.29, 1.82) is 0 Å². The number of amides is 2. The Morgan fingerprint density at radius 1 is 1.27 bits per heavy atom. The van der Waals surface area contributed by atoms with Gasteiger partial charge in [0.1, 0.15) is 17.6 Å². The zero-order chi connectivity index (χ0) is 19.9. The smallest absolute Gasteiger partial charge is 0.326 e. The van der Waals surface area contributed by atoms with Gasteiger partial charge in [-0.3, -0.25) is 9.59 Å². The molecule has 0 aliphatic rings. The van der Waals surface area contributed by atoms with E-state index in [1.54, 1.807) is 0 Å². The van der Waals surface area contributed by atoms with Crippen LogP contribution in [0, 0.1) is 11.7 Å². The van der Waals surface area contributed by atoms with E-state index in [9.17, 15) is 18.8 Å². The molecule has 0 spiro atoms. The van der Waals surface area contributed by atoms with Gasteiger partial charge in [-0.1, -0.05) is 25.4 Å². The Morgan fingerprint density at radius 3 is 2.46 bits per heavy atom. The molecule has 9 heteroatoms. The quantitative estimate of drug-likeness (QED) is 0.600. The van der Waals surface area contributed by atoms with Crippen LogP contribution in [0.5, 0.6) is 5.75 Å². The molecular weight excluding hydrogens is 367 g/mol. The number of carboxylic acids is 1. The third-order valence-corrected chi connectivity index (χ3v) is 3.63. The number of carboxylic acid groups (broad SMARTS) is 1. The van der Waals surface area contributed by atoms with Gasteiger partial charge in [0.15, 0.2) is 6.10 Å². The van der Waals surface area contributed by atoms with Crippen LogP contribution in [0.3, 0.4) is 0 Å². The van der Waals surface area contributed by atoms with Gasteiger partial charge < -0.3 is 20.5 Å². The first kappa shape index (κ1) is 21.7. The summed E-state index contributed by atoms with van der Waals surface area (Å²) in [5.74, 6) is -2.69. The molecule has 0 aliphatic carbocycles. The van der Waals surface area contributed by atoms with Gasteiger partial charge in [0.25, 0.3) is 5.91 Å². The van der Waals surface area contributed by atoms with Crippen molar-refractivity contribution in [2.75, 3.05) is 6.54 Å². The summed E-state index contributed by atoms with van der Waals surface area (Å²) in [5.41, 5.74) is 0. The molecule has 0 fully saturated rings. The summed E-state index contributed by atoms with van der Waals surface area (Å²) in [6.07, 6.45) is -0.714. The fraction of sp³-hybridized carbons (Fsp3) is 0.471. The van der Waals surface area contributed by atoms with Crippen molar-refractivity contribution < 1.29 is 28.6 Å². The van der Waals surface area contributed by atoms with E-state index in [0.717, 1.165) is 12.1 Å². The third-order valence-electron chi connectivity index (χ3n) is 3.33. The number of hydrogen-bond donors (Lipinski definition) is 3. The summed E-state index contributed by atoms with van der Waals surface area (Å²) < 4.78 is 18.3. The van der Waals surface area contributed by atoms with Crippen molar-refractivity contribution in [3.63, 3.8) is 0 Å². The standard InChI is InChI=1S/C17H22ClFN2O5/c1-9(2)6-13(17(24)25)21-15(22)8-20-16(23)10(3)26-14-5-4-11(19)7-12(14)18/h4-5,7,9-10,13H,6,8H2,1-3H3,(H,20,23)(H,21,22)(H,24,25)/t10?,13-/m0/s1. The Labute approximate surface area is 155 Å². The molecule has 2 amide bonds. The van der Waals surface area contributed by atoms with E-state index in [1.165, 1.54) is 13.0 Å². The molecule has 1 unspecified atom stereocenters. The van der Waals surface area contributed by atoms with Crippen LogP contribution < -0.4 is 15.4 Å². The first-order valence-electron chi connectivity index (χ1n) is 8.01. The fourth-order valence-electron chi connectivity index (χ4n) is 2.06. The first-order valence-corrected chi connectivity index (χ1v) is 8.39. The van der Waals surface area contributed by atoms with Crippen LogP contribution in [-0.2, 0) is 14.4 Å². The Kier molecular flexibility index (Phi) is 8.31. The number of aliphatic carboxylic acids is 1. The molecule has 3 N–H and O–H groups in total. The number of rotatable bonds is 9. The molecule has 1 aromatic carbocycles. The maximum absolute atomic E-state index is 13.0. The van der Waals surface area contributed by atoms with Gasteiger partial charge in [-0.25, -0.2) is 9.18 Å². The summed E-state index contributed by atoms with van der Waals surface area (Å²) in [6, 6.07) is 2.46. The average Bonchev–Trinajstić information content (AvgIpc) is 2.53. The van der Waals surface area contributed by atoms with E-state index in [-0.39, 0.29) is 23.1 Å². The predicted octanol–water partition coefficient (Wildman–Crippen LogP) is 1.98. The Morgan fingerprint density at radius 2 is 1.92 bits per heavy atom. The average molecular weight is 389 g/mol. The topological polar surface area (TPSA) is 105 Å². The first-order chi connectivity index (χ1) is 12.1. The summed E-state index contributed by atoms with van der Waals surface area (Å²) in [4.78, 5) is 34.9. The number of carbonyl (C=O) groups excluding carboxylic acids is 2. The monoisotopic (exact) mass is 388 g/mol.